The zero-order valence-corrected chi connectivity index (χ0v) is 21.0. The number of rotatable bonds is 4. The summed E-state index contributed by atoms with van der Waals surface area (Å²) in [6.07, 6.45) is 4.89. The third kappa shape index (κ3) is 11.4. The van der Waals surface area contributed by atoms with E-state index in [2.05, 4.69) is 9.97 Å². The lowest BCUT2D eigenvalue weighted by Crippen LogP contribution is -2.38. The molecule has 1 amide bonds. The zero-order chi connectivity index (χ0) is 27.0. The predicted octanol–water partition coefficient (Wildman–Crippen LogP) is 1.42. The van der Waals surface area contributed by atoms with E-state index in [1.165, 1.54) is 7.05 Å². The molecule has 0 spiro atoms. The molecule has 0 aliphatic rings. The van der Waals surface area contributed by atoms with Crippen LogP contribution in [0.1, 0.15) is 21.6 Å². The Bertz CT molecular complexity index is 1340. The highest BCUT2D eigenvalue weighted by atomic mass is 32.2. The molecule has 6 N–H and O–H groups in total. The van der Waals surface area contributed by atoms with Crippen molar-refractivity contribution < 1.29 is 35.5 Å². The van der Waals surface area contributed by atoms with Gasteiger partial charge in [0.25, 0.3) is 26.1 Å². The molecule has 1 aromatic carbocycles. The molecule has 0 saturated heterocycles. The van der Waals surface area contributed by atoms with E-state index in [1.807, 2.05) is 31.2 Å². The van der Waals surface area contributed by atoms with Crippen LogP contribution in [0.25, 0.3) is 10.9 Å². The average molecular weight is 530 g/mol. The van der Waals surface area contributed by atoms with Gasteiger partial charge >= 0.3 is 0 Å². The van der Waals surface area contributed by atoms with Crippen LogP contribution >= 0.6 is 0 Å². The first-order valence-corrected chi connectivity index (χ1v) is 13.3. The largest absolute Gasteiger partial charge is 0.487 e. The SMILES string of the molecule is CS(=O)(=O)O.CS(=O)(=O)O.Cc1ccc(OCc2cccnc2)c2[nH]c(C(=O)N(C)C(=N)N)cc12. The number of nitrogens with two attached hydrogens (primary N) is 1. The maximum atomic E-state index is 12.4. The van der Waals surface area contributed by atoms with Gasteiger partial charge in [0.15, 0.2) is 5.96 Å². The normalized spacial score (nSPS) is 10.9. The number of hydrogen-bond acceptors (Lipinski definition) is 8. The number of aromatic nitrogens is 2. The maximum absolute atomic E-state index is 12.4. The van der Waals surface area contributed by atoms with Gasteiger partial charge in [0, 0.05) is 30.4 Å². The summed E-state index contributed by atoms with van der Waals surface area (Å²) in [6.45, 7) is 2.34. The van der Waals surface area contributed by atoms with Gasteiger partial charge in [0.2, 0.25) is 0 Å². The third-order valence-electron chi connectivity index (χ3n) is 3.99. The van der Waals surface area contributed by atoms with Crippen LogP contribution in [0.4, 0.5) is 0 Å². The Morgan fingerprint density at radius 1 is 1.17 bits per heavy atom. The highest BCUT2D eigenvalue weighted by Gasteiger charge is 2.18. The molecule has 0 bridgehead atoms. The minimum absolute atomic E-state index is 0.312. The number of fused-ring (bicyclic) bond motifs is 1. The van der Waals surface area contributed by atoms with E-state index >= 15 is 0 Å². The first-order valence-electron chi connectivity index (χ1n) is 9.58. The van der Waals surface area contributed by atoms with Crippen molar-refractivity contribution >= 4 is 43.0 Å². The lowest BCUT2D eigenvalue weighted by molar-refractivity contribution is 0.0864. The summed E-state index contributed by atoms with van der Waals surface area (Å²) in [4.78, 5) is 20.6. The van der Waals surface area contributed by atoms with Gasteiger partial charge in [0.05, 0.1) is 18.0 Å². The molecular weight excluding hydrogens is 502 g/mol. The molecule has 3 aromatic rings. The van der Waals surface area contributed by atoms with Crippen molar-refractivity contribution in [2.75, 3.05) is 19.6 Å². The highest BCUT2D eigenvalue weighted by Crippen LogP contribution is 2.29. The van der Waals surface area contributed by atoms with Crippen molar-refractivity contribution in [2.24, 2.45) is 5.73 Å². The van der Waals surface area contributed by atoms with Gasteiger partial charge in [-0.3, -0.25) is 29.2 Å². The number of hydrogen-bond donors (Lipinski definition) is 5. The van der Waals surface area contributed by atoms with Gasteiger partial charge in [-0.1, -0.05) is 12.1 Å². The summed E-state index contributed by atoms with van der Waals surface area (Å²) in [5, 5.41) is 8.29. The summed E-state index contributed by atoms with van der Waals surface area (Å²) in [5.41, 5.74) is 8.45. The molecular formula is C20H27N5O8S2. The number of nitrogens with one attached hydrogen (secondary N) is 2. The van der Waals surface area contributed by atoms with Crippen molar-refractivity contribution in [1.29, 1.82) is 5.41 Å². The van der Waals surface area contributed by atoms with E-state index in [0.29, 0.717) is 30.6 Å². The topological polar surface area (TPSA) is 217 Å². The second kappa shape index (κ2) is 12.3. The molecule has 2 aromatic heterocycles. The third-order valence-corrected chi connectivity index (χ3v) is 3.99. The van der Waals surface area contributed by atoms with E-state index in [9.17, 15) is 21.6 Å². The lowest BCUT2D eigenvalue weighted by atomic mass is 10.1. The van der Waals surface area contributed by atoms with Crippen LogP contribution in [0.5, 0.6) is 5.75 Å². The minimum atomic E-state index is -3.67. The van der Waals surface area contributed by atoms with Gasteiger partial charge in [-0.05, 0) is 30.7 Å². The predicted molar refractivity (Wildman–Crippen MR) is 131 cm³/mol. The Hall–Kier alpha value is -3.53. The second-order valence-corrected chi connectivity index (χ2v) is 10.1. The number of H-pyrrole nitrogens is 1. The number of aromatic amines is 1. The first kappa shape index (κ1) is 29.5. The number of aryl methyl sites for hydroxylation is 1. The Balaban J connectivity index is 0.000000519. The molecule has 0 saturated carbocycles. The second-order valence-electron chi connectivity index (χ2n) is 7.22. The Kier molecular flexibility index (Phi) is 10.3. The first-order chi connectivity index (χ1) is 16.0. The van der Waals surface area contributed by atoms with Crippen molar-refractivity contribution in [3.05, 3.63) is 59.5 Å². The number of ether oxygens (including phenoxy) is 1. The fourth-order valence-electron chi connectivity index (χ4n) is 2.50. The molecule has 0 aliphatic carbocycles. The van der Waals surface area contributed by atoms with Crippen LogP contribution in [0, 0.1) is 12.3 Å². The minimum Gasteiger partial charge on any atom is -0.487 e. The lowest BCUT2D eigenvalue weighted by Gasteiger charge is -2.12. The van der Waals surface area contributed by atoms with E-state index in [-0.39, 0.29) is 11.9 Å². The fourth-order valence-corrected chi connectivity index (χ4v) is 2.50. The highest BCUT2D eigenvalue weighted by molar-refractivity contribution is 7.85. The van der Waals surface area contributed by atoms with Crippen molar-refractivity contribution in [2.45, 2.75) is 13.5 Å². The van der Waals surface area contributed by atoms with E-state index in [4.69, 9.17) is 25.0 Å². The maximum Gasteiger partial charge on any atom is 0.276 e. The van der Waals surface area contributed by atoms with Crippen molar-refractivity contribution in [3.63, 3.8) is 0 Å². The number of carbonyl (C=O) groups is 1. The molecule has 192 valence electrons. The smallest absolute Gasteiger partial charge is 0.276 e. The van der Waals surface area contributed by atoms with E-state index in [1.54, 1.807) is 18.5 Å². The van der Waals surface area contributed by atoms with Crippen molar-refractivity contribution in [1.82, 2.24) is 14.9 Å². The Morgan fingerprint density at radius 3 is 2.23 bits per heavy atom. The van der Waals surface area contributed by atoms with Gasteiger partial charge in [0.1, 0.15) is 18.1 Å². The van der Waals surface area contributed by atoms with Gasteiger partial charge in [-0.15, -0.1) is 0 Å². The van der Waals surface area contributed by atoms with E-state index in [0.717, 1.165) is 26.9 Å². The van der Waals surface area contributed by atoms with Gasteiger partial charge < -0.3 is 15.5 Å². The molecule has 0 aliphatic heterocycles. The quantitative estimate of drug-likeness (QED) is 0.186. The van der Waals surface area contributed by atoms with Crippen LogP contribution in [-0.4, -0.2) is 72.2 Å². The number of benzene rings is 1. The summed E-state index contributed by atoms with van der Waals surface area (Å²) >= 11 is 0. The molecule has 35 heavy (non-hydrogen) atoms. The Labute approximate surface area is 202 Å². The molecule has 3 rings (SSSR count). The molecule has 2 heterocycles. The number of amides is 1. The van der Waals surface area contributed by atoms with Crippen LogP contribution in [0.15, 0.2) is 42.7 Å². The molecule has 0 radical (unpaired) electrons. The summed E-state index contributed by atoms with van der Waals surface area (Å²) < 4.78 is 57.6. The van der Waals surface area contributed by atoms with Crippen LogP contribution in [-0.2, 0) is 26.8 Å². The standard InChI is InChI=1S/C18H19N5O2.2CH4O3S/c1-11-5-6-15(25-10-12-4-3-7-21-9-12)16-13(11)8-14(22-16)17(24)23(2)18(19)20;2*1-5(2,3)4/h3-9,22H,10H2,1-2H3,(H3,19,20);2*1H3,(H,2,3,4). The number of nitrogens with zero attached hydrogens (tertiary/aromatic N) is 2. The number of pyridine rings is 1. The van der Waals surface area contributed by atoms with Crippen LogP contribution in [0.3, 0.4) is 0 Å². The van der Waals surface area contributed by atoms with Gasteiger partial charge in [-0.2, -0.15) is 16.8 Å². The number of carbonyl (C=O) groups excluding carboxylic acids is 1. The molecule has 15 heteroatoms. The van der Waals surface area contributed by atoms with Gasteiger partial charge in [-0.25, -0.2) is 0 Å². The Morgan fingerprint density at radius 2 is 1.74 bits per heavy atom. The molecule has 0 atom stereocenters. The van der Waals surface area contributed by atoms with Crippen molar-refractivity contribution in [3.8, 4) is 5.75 Å². The fraction of sp³-hybridized carbons (Fsp3) is 0.250. The summed E-state index contributed by atoms with van der Waals surface area (Å²) in [7, 11) is -5.87. The molecule has 0 unspecified atom stereocenters. The summed E-state index contributed by atoms with van der Waals surface area (Å²) in [5.74, 6) is -0.0382. The summed E-state index contributed by atoms with van der Waals surface area (Å²) in [6, 6.07) is 9.35. The average Bonchev–Trinajstić information content (AvgIpc) is 3.17. The molecule has 0 fully saturated rings. The number of guanidine groups is 1. The van der Waals surface area contributed by atoms with E-state index < -0.39 is 20.2 Å². The zero-order valence-electron chi connectivity index (χ0n) is 19.4. The molecule has 13 nitrogen and oxygen atoms in total. The van der Waals surface area contributed by atoms with Crippen LogP contribution in [0.2, 0.25) is 0 Å². The monoisotopic (exact) mass is 529 g/mol. The van der Waals surface area contributed by atoms with Crippen LogP contribution < -0.4 is 10.5 Å².